The van der Waals surface area contributed by atoms with Gasteiger partial charge in [-0.1, -0.05) is 30.3 Å². The van der Waals surface area contributed by atoms with E-state index in [0.29, 0.717) is 28.1 Å². The van der Waals surface area contributed by atoms with Gasteiger partial charge < -0.3 is 10.1 Å². The first-order valence-electron chi connectivity index (χ1n) is 7.80. The normalized spacial score (nSPS) is 10.5. The number of halogens is 1. The average molecular weight is 400 g/mol. The molecule has 3 rings (SSSR count). The second-order valence-electron chi connectivity index (χ2n) is 5.61. The Hall–Kier alpha value is -2.60. The van der Waals surface area contributed by atoms with Crippen LogP contribution in [0, 0.1) is 6.92 Å². The molecule has 2 aromatic carbocycles. The summed E-state index contributed by atoms with van der Waals surface area (Å²) in [4.78, 5) is 12.7. The SMILES string of the molecule is COc1ccc(Br)c(C(=O)Nc2cc(C)nn2Cc2ccccc2)c1. The summed E-state index contributed by atoms with van der Waals surface area (Å²) in [5.74, 6) is 1.06. The number of carbonyl (C=O) groups excluding carboxylic acids is 1. The summed E-state index contributed by atoms with van der Waals surface area (Å²) in [6.45, 7) is 2.49. The molecule has 0 unspecified atom stereocenters. The third-order valence-electron chi connectivity index (χ3n) is 3.74. The van der Waals surface area contributed by atoms with E-state index in [0.717, 1.165) is 11.3 Å². The van der Waals surface area contributed by atoms with Crippen molar-refractivity contribution >= 4 is 27.7 Å². The predicted molar refractivity (Wildman–Crippen MR) is 101 cm³/mol. The Bertz CT molecular complexity index is 891. The van der Waals surface area contributed by atoms with Crippen molar-refractivity contribution in [3.8, 4) is 5.75 Å². The zero-order valence-electron chi connectivity index (χ0n) is 14.0. The zero-order chi connectivity index (χ0) is 17.8. The first kappa shape index (κ1) is 17.2. The number of ether oxygens (including phenoxy) is 1. The molecule has 0 aliphatic rings. The van der Waals surface area contributed by atoms with Crippen molar-refractivity contribution < 1.29 is 9.53 Å². The molecule has 1 heterocycles. The van der Waals surface area contributed by atoms with Crippen molar-refractivity contribution in [2.45, 2.75) is 13.5 Å². The van der Waals surface area contributed by atoms with Gasteiger partial charge in [-0.25, -0.2) is 4.68 Å². The van der Waals surface area contributed by atoms with Crippen LogP contribution in [0.25, 0.3) is 0 Å². The molecule has 0 saturated heterocycles. The number of nitrogens with one attached hydrogen (secondary N) is 1. The minimum absolute atomic E-state index is 0.222. The molecule has 6 heteroatoms. The van der Waals surface area contributed by atoms with Gasteiger partial charge in [0, 0.05) is 10.5 Å². The van der Waals surface area contributed by atoms with E-state index in [9.17, 15) is 4.79 Å². The van der Waals surface area contributed by atoms with E-state index in [1.807, 2.05) is 43.3 Å². The molecule has 3 aromatic rings. The van der Waals surface area contributed by atoms with E-state index >= 15 is 0 Å². The third-order valence-corrected chi connectivity index (χ3v) is 4.43. The molecule has 5 nitrogen and oxygen atoms in total. The number of aryl methyl sites for hydroxylation is 1. The van der Waals surface area contributed by atoms with Gasteiger partial charge in [-0.3, -0.25) is 4.79 Å². The number of carbonyl (C=O) groups is 1. The van der Waals surface area contributed by atoms with Crippen molar-refractivity contribution in [1.29, 1.82) is 0 Å². The lowest BCUT2D eigenvalue weighted by Gasteiger charge is -2.11. The molecule has 0 aliphatic heterocycles. The Morgan fingerprint density at radius 1 is 1.20 bits per heavy atom. The molecule has 1 N–H and O–H groups in total. The van der Waals surface area contributed by atoms with Crippen LogP contribution >= 0.6 is 15.9 Å². The minimum atomic E-state index is -0.222. The van der Waals surface area contributed by atoms with E-state index in [4.69, 9.17) is 4.74 Å². The molecule has 25 heavy (non-hydrogen) atoms. The summed E-state index contributed by atoms with van der Waals surface area (Å²) in [7, 11) is 1.57. The molecule has 1 amide bonds. The van der Waals surface area contributed by atoms with Crippen molar-refractivity contribution in [1.82, 2.24) is 9.78 Å². The van der Waals surface area contributed by atoms with Crippen molar-refractivity contribution in [2.75, 3.05) is 12.4 Å². The van der Waals surface area contributed by atoms with Crippen molar-refractivity contribution in [3.63, 3.8) is 0 Å². The topological polar surface area (TPSA) is 56.1 Å². The quantitative estimate of drug-likeness (QED) is 0.696. The summed E-state index contributed by atoms with van der Waals surface area (Å²) in [6, 6.07) is 17.1. The number of rotatable bonds is 5. The zero-order valence-corrected chi connectivity index (χ0v) is 15.6. The Kier molecular flexibility index (Phi) is 5.19. The molecule has 128 valence electrons. The smallest absolute Gasteiger partial charge is 0.258 e. The molecule has 0 saturated carbocycles. The molecule has 0 fully saturated rings. The number of benzene rings is 2. The summed E-state index contributed by atoms with van der Waals surface area (Å²) >= 11 is 3.41. The Morgan fingerprint density at radius 3 is 2.68 bits per heavy atom. The van der Waals surface area contributed by atoms with Gasteiger partial charge in [-0.05, 0) is 46.6 Å². The van der Waals surface area contributed by atoms with Crippen LogP contribution in [0.1, 0.15) is 21.6 Å². The largest absolute Gasteiger partial charge is 0.497 e. The third kappa shape index (κ3) is 4.09. The molecule has 0 atom stereocenters. The molecule has 1 aromatic heterocycles. The van der Waals surface area contributed by atoms with Crippen LogP contribution in [-0.2, 0) is 6.54 Å². The molecular formula is C19H18BrN3O2. The number of nitrogens with zero attached hydrogens (tertiary/aromatic N) is 2. The lowest BCUT2D eigenvalue weighted by Crippen LogP contribution is -2.16. The number of amides is 1. The molecule has 0 spiro atoms. The fraction of sp³-hybridized carbons (Fsp3) is 0.158. The van der Waals surface area contributed by atoms with Crippen molar-refractivity contribution in [3.05, 3.63) is 75.9 Å². The van der Waals surface area contributed by atoms with Gasteiger partial charge in [0.1, 0.15) is 11.6 Å². The minimum Gasteiger partial charge on any atom is -0.497 e. The number of hydrogen-bond acceptors (Lipinski definition) is 3. The predicted octanol–water partition coefficient (Wildman–Crippen LogP) is 4.26. The number of anilines is 1. The van der Waals surface area contributed by atoms with E-state index in [1.165, 1.54) is 0 Å². The number of hydrogen-bond donors (Lipinski definition) is 1. The lowest BCUT2D eigenvalue weighted by molar-refractivity contribution is 0.102. The number of methoxy groups -OCH3 is 1. The van der Waals surface area contributed by atoms with Gasteiger partial charge in [0.15, 0.2) is 0 Å². The fourth-order valence-corrected chi connectivity index (χ4v) is 2.94. The second-order valence-corrected chi connectivity index (χ2v) is 6.47. The summed E-state index contributed by atoms with van der Waals surface area (Å²) < 4.78 is 7.69. The van der Waals surface area contributed by atoms with E-state index in [2.05, 4.69) is 26.3 Å². The maximum absolute atomic E-state index is 12.7. The molecule has 0 aliphatic carbocycles. The highest BCUT2D eigenvalue weighted by molar-refractivity contribution is 9.10. The van der Waals surface area contributed by atoms with E-state index < -0.39 is 0 Å². The van der Waals surface area contributed by atoms with Crippen LogP contribution in [0.15, 0.2) is 59.1 Å². The van der Waals surface area contributed by atoms with Crippen LogP contribution in [0.5, 0.6) is 5.75 Å². The van der Waals surface area contributed by atoms with E-state index in [-0.39, 0.29) is 5.91 Å². The molecule has 0 bridgehead atoms. The maximum Gasteiger partial charge on any atom is 0.258 e. The monoisotopic (exact) mass is 399 g/mol. The van der Waals surface area contributed by atoms with Crippen LogP contribution in [0.3, 0.4) is 0 Å². The van der Waals surface area contributed by atoms with Gasteiger partial charge >= 0.3 is 0 Å². The van der Waals surface area contributed by atoms with Gasteiger partial charge in [-0.2, -0.15) is 5.10 Å². The lowest BCUT2D eigenvalue weighted by atomic mass is 10.2. The van der Waals surface area contributed by atoms with Gasteiger partial charge in [0.25, 0.3) is 5.91 Å². The van der Waals surface area contributed by atoms with Gasteiger partial charge in [0.05, 0.1) is 24.9 Å². The molecular weight excluding hydrogens is 382 g/mol. The van der Waals surface area contributed by atoms with E-state index in [1.54, 1.807) is 30.0 Å². The van der Waals surface area contributed by atoms with Gasteiger partial charge in [0.2, 0.25) is 0 Å². The maximum atomic E-state index is 12.7. The number of aromatic nitrogens is 2. The van der Waals surface area contributed by atoms with Crippen LogP contribution in [0.2, 0.25) is 0 Å². The van der Waals surface area contributed by atoms with Crippen LogP contribution in [0.4, 0.5) is 5.82 Å². The van der Waals surface area contributed by atoms with Crippen LogP contribution in [-0.4, -0.2) is 22.8 Å². The summed E-state index contributed by atoms with van der Waals surface area (Å²) in [5, 5.41) is 7.41. The average Bonchev–Trinajstić information content (AvgIpc) is 2.95. The summed E-state index contributed by atoms with van der Waals surface area (Å²) in [5.41, 5.74) is 2.46. The Balaban J connectivity index is 1.84. The second kappa shape index (κ2) is 7.53. The summed E-state index contributed by atoms with van der Waals surface area (Å²) in [6.07, 6.45) is 0. The first-order valence-corrected chi connectivity index (χ1v) is 8.59. The van der Waals surface area contributed by atoms with Gasteiger partial charge in [-0.15, -0.1) is 0 Å². The first-order chi connectivity index (χ1) is 12.1. The van der Waals surface area contributed by atoms with Crippen molar-refractivity contribution in [2.24, 2.45) is 0 Å². The highest BCUT2D eigenvalue weighted by atomic mass is 79.9. The molecule has 0 radical (unpaired) electrons. The Labute approximate surface area is 154 Å². The highest BCUT2D eigenvalue weighted by Gasteiger charge is 2.15. The fourth-order valence-electron chi connectivity index (χ4n) is 2.51. The van der Waals surface area contributed by atoms with Crippen LogP contribution < -0.4 is 10.1 Å². The highest BCUT2D eigenvalue weighted by Crippen LogP contribution is 2.24. The standard InChI is InChI=1S/C19H18BrN3O2/c1-13-10-18(23(22-13)12-14-6-4-3-5-7-14)21-19(24)16-11-15(25-2)8-9-17(16)20/h3-11H,12H2,1-2H3,(H,21,24). The Morgan fingerprint density at radius 2 is 1.96 bits per heavy atom.